The Bertz CT molecular complexity index is 784. The molecule has 0 spiro atoms. The van der Waals surface area contributed by atoms with Gasteiger partial charge in [-0.25, -0.2) is 8.78 Å². The second-order valence-electron chi connectivity index (χ2n) is 7.68. The highest BCUT2D eigenvalue weighted by Crippen LogP contribution is 2.20. The standard InChI is InChI=1S/C21H27F2N3O4/c1-2-30-21(29)15-4-3-6-25(13-15)19(27)11-18-20(28)26(7-5-24-18)12-14-8-16(22)10-17(23)9-14/h8-10,15,18,24H,2-7,11-13H2,1H3. The van der Waals surface area contributed by atoms with E-state index in [4.69, 9.17) is 4.74 Å². The average molecular weight is 423 g/mol. The van der Waals surface area contributed by atoms with Crippen LogP contribution in [0.25, 0.3) is 0 Å². The summed E-state index contributed by atoms with van der Waals surface area (Å²) in [7, 11) is 0. The maximum Gasteiger partial charge on any atom is 0.310 e. The molecule has 2 unspecified atom stereocenters. The molecule has 2 saturated heterocycles. The van der Waals surface area contributed by atoms with E-state index >= 15 is 0 Å². The number of rotatable bonds is 6. The number of piperazine rings is 1. The number of likely N-dealkylation sites (tertiary alicyclic amines) is 1. The van der Waals surface area contributed by atoms with Gasteiger partial charge >= 0.3 is 5.97 Å². The first-order chi connectivity index (χ1) is 14.4. The van der Waals surface area contributed by atoms with Crippen LogP contribution >= 0.6 is 0 Å². The topological polar surface area (TPSA) is 79.0 Å². The molecule has 1 N–H and O–H groups in total. The number of halogens is 2. The fourth-order valence-electron chi connectivity index (χ4n) is 3.99. The molecule has 164 valence electrons. The summed E-state index contributed by atoms with van der Waals surface area (Å²) in [4.78, 5) is 40.7. The quantitative estimate of drug-likeness (QED) is 0.701. The minimum Gasteiger partial charge on any atom is -0.466 e. The highest BCUT2D eigenvalue weighted by atomic mass is 19.1. The number of piperidine rings is 1. The lowest BCUT2D eigenvalue weighted by atomic mass is 9.97. The Labute approximate surface area is 174 Å². The number of hydrogen-bond donors (Lipinski definition) is 1. The van der Waals surface area contributed by atoms with Crippen LogP contribution in [0.3, 0.4) is 0 Å². The number of esters is 1. The molecule has 0 bridgehead atoms. The molecule has 2 heterocycles. The van der Waals surface area contributed by atoms with Crippen LogP contribution in [0.1, 0.15) is 31.7 Å². The predicted octanol–water partition coefficient (Wildman–Crippen LogP) is 1.46. The second kappa shape index (κ2) is 9.97. The number of hydrogen-bond acceptors (Lipinski definition) is 5. The van der Waals surface area contributed by atoms with E-state index in [0.29, 0.717) is 51.2 Å². The molecule has 2 aliphatic rings. The third-order valence-electron chi connectivity index (χ3n) is 5.45. The molecule has 1 aromatic carbocycles. The smallest absolute Gasteiger partial charge is 0.310 e. The molecule has 1 aromatic rings. The minimum atomic E-state index is -0.701. The first-order valence-corrected chi connectivity index (χ1v) is 10.3. The number of carbonyl (C=O) groups is 3. The largest absolute Gasteiger partial charge is 0.466 e. The van der Waals surface area contributed by atoms with E-state index in [0.717, 1.165) is 6.07 Å². The van der Waals surface area contributed by atoms with E-state index in [1.807, 2.05) is 0 Å². The van der Waals surface area contributed by atoms with Crippen LogP contribution in [0.5, 0.6) is 0 Å². The van der Waals surface area contributed by atoms with E-state index < -0.39 is 17.7 Å². The highest BCUT2D eigenvalue weighted by molar-refractivity contribution is 5.89. The van der Waals surface area contributed by atoms with Gasteiger partial charge in [0.2, 0.25) is 11.8 Å². The number of benzene rings is 1. The van der Waals surface area contributed by atoms with Gasteiger partial charge in [-0.1, -0.05) is 0 Å². The Balaban J connectivity index is 1.58. The summed E-state index contributed by atoms with van der Waals surface area (Å²) in [5, 5.41) is 3.05. The van der Waals surface area contributed by atoms with Crippen LogP contribution in [0.4, 0.5) is 8.78 Å². The Morgan fingerprint density at radius 3 is 2.63 bits per heavy atom. The van der Waals surface area contributed by atoms with Gasteiger partial charge in [-0.05, 0) is 37.5 Å². The minimum absolute atomic E-state index is 0.0254. The van der Waals surface area contributed by atoms with E-state index in [1.54, 1.807) is 11.8 Å². The van der Waals surface area contributed by atoms with Gasteiger partial charge in [0.1, 0.15) is 11.6 Å². The van der Waals surface area contributed by atoms with Crippen LogP contribution in [-0.4, -0.2) is 66.4 Å². The zero-order valence-electron chi connectivity index (χ0n) is 17.0. The third kappa shape index (κ3) is 5.53. The normalized spacial score (nSPS) is 22.2. The van der Waals surface area contributed by atoms with E-state index in [2.05, 4.69) is 5.32 Å². The number of ether oxygens (including phenoxy) is 1. The average Bonchev–Trinajstić information content (AvgIpc) is 2.70. The van der Waals surface area contributed by atoms with Crippen molar-refractivity contribution in [3.8, 4) is 0 Å². The Hall–Kier alpha value is -2.55. The monoisotopic (exact) mass is 423 g/mol. The van der Waals surface area contributed by atoms with Crippen molar-refractivity contribution in [1.29, 1.82) is 0 Å². The summed E-state index contributed by atoms with van der Waals surface area (Å²) in [6, 6.07) is 2.48. The summed E-state index contributed by atoms with van der Waals surface area (Å²) in [5.74, 6) is -2.50. The Morgan fingerprint density at radius 2 is 1.93 bits per heavy atom. The fourth-order valence-corrected chi connectivity index (χ4v) is 3.99. The maximum absolute atomic E-state index is 13.4. The van der Waals surface area contributed by atoms with E-state index in [9.17, 15) is 23.2 Å². The number of nitrogens with one attached hydrogen (secondary N) is 1. The zero-order chi connectivity index (χ0) is 21.7. The molecule has 0 saturated carbocycles. The van der Waals surface area contributed by atoms with E-state index in [1.165, 1.54) is 17.0 Å². The van der Waals surface area contributed by atoms with Crippen molar-refractivity contribution >= 4 is 17.8 Å². The van der Waals surface area contributed by atoms with Crippen molar-refractivity contribution in [2.75, 3.05) is 32.8 Å². The van der Waals surface area contributed by atoms with Crippen molar-refractivity contribution in [1.82, 2.24) is 15.1 Å². The van der Waals surface area contributed by atoms with Crippen molar-refractivity contribution in [2.45, 2.75) is 38.8 Å². The van der Waals surface area contributed by atoms with Gasteiger partial charge in [-0.3, -0.25) is 14.4 Å². The predicted molar refractivity (Wildman–Crippen MR) is 104 cm³/mol. The Kier molecular flexibility index (Phi) is 7.36. The third-order valence-corrected chi connectivity index (χ3v) is 5.45. The summed E-state index contributed by atoms with van der Waals surface area (Å²) in [6.07, 6.45) is 1.36. The van der Waals surface area contributed by atoms with Gasteiger partial charge in [-0.15, -0.1) is 0 Å². The number of amides is 2. The van der Waals surface area contributed by atoms with Crippen molar-refractivity contribution in [3.05, 3.63) is 35.4 Å². The summed E-state index contributed by atoms with van der Waals surface area (Å²) in [6.45, 7) is 3.83. The SMILES string of the molecule is CCOC(=O)C1CCCN(C(=O)CC2NCCN(Cc3cc(F)cc(F)c3)C2=O)C1. The van der Waals surface area contributed by atoms with Gasteiger partial charge in [0.25, 0.3) is 0 Å². The summed E-state index contributed by atoms with van der Waals surface area (Å²) in [5.41, 5.74) is 0.362. The van der Waals surface area contributed by atoms with Crippen LogP contribution in [0.15, 0.2) is 18.2 Å². The van der Waals surface area contributed by atoms with Crippen molar-refractivity contribution in [2.24, 2.45) is 5.92 Å². The molecule has 9 heteroatoms. The summed E-state index contributed by atoms with van der Waals surface area (Å²) >= 11 is 0. The van der Waals surface area contributed by atoms with Crippen molar-refractivity contribution in [3.63, 3.8) is 0 Å². The molecular weight excluding hydrogens is 396 g/mol. The Morgan fingerprint density at radius 1 is 1.20 bits per heavy atom. The van der Waals surface area contributed by atoms with Crippen LogP contribution in [0, 0.1) is 17.6 Å². The maximum atomic E-state index is 13.4. The second-order valence-corrected chi connectivity index (χ2v) is 7.68. The van der Waals surface area contributed by atoms with Crippen LogP contribution in [-0.2, 0) is 25.7 Å². The lowest BCUT2D eigenvalue weighted by Gasteiger charge is -2.35. The summed E-state index contributed by atoms with van der Waals surface area (Å²) < 4.78 is 31.9. The number of nitrogens with zero attached hydrogens (tertiary/aromatic N) is 2. The fraction of sp³-hybridized carbons (Fsp3) is 0.571. The van der Waals surface area contributed by atoms with Gasteiger partial charge in [-0.2, -0.15) is 0 Å². The molecule has 2 fully saturated rings. The molecule has 0 aromatic heterocycles. The van der Waals surface area contributed by atoms with Gasteiger partial charge < -0.3 is 19.9 Å². The first kappa shape index (κ1) is 22.1. The molecule has 0 aliphatic carbocycles. The molecule has 3 rings (SSSR count). The molecule has 7 nitrogen and oxygen atoms in total. The molecule has 2 aliphatic heterocycles. The van der Waals surface area contributed by atoms with Crippen LogP contribution in [0.2, 0.25) is 0 Å². The lowest BCUT2D eigenvalue weighted by Crippen LogP contribution is -2.56. The molecule has 2 amide bonds. The van der Waals surface area contributed by atoms with Gasteiger partial charge in [0, 0.05) is 38.8 Å². The molecule has 30 heavy (non-hydrogen) atoms. The van der Waals surface area contributed by atoms with Crippen molar-refractivity contribution < 1.29 is 27.9 Å². The molecular formula is C21H27F2N3O4. The first-order valence-electron chi connectivity index (χ1n) is 10.3. The lowest BCUT2D eigenvalue weighted by molar-refractivity contribution is -0.152. The van der Waals surface area contributed by atoms with Gasteiger partial charge in [0.05, 0.1) is 25.0 Å². The zero-order valence-corrected chi connectivity index (χ0v) is 17.0. The molecule has 0 radical (unpaired) electrons. The number of carbonyl (C=O) groups excluding carboxylic acids is 3. The van der Waals surface area contributed by atoms with Crippen LogP contribution < -0.4 is 5.32 Å². The van der Waals surface area contributed by atoms with E-state index in [-0.39, 0.29) is 36.7 Å². The van der Waals surface area contributed by atoms with Gasteiger partial charge in [0.15, 0.2) is 0 Å². The molecule has 2 atom stereocenters. The highest BCUT2D eigenvalue weighted by Gasteiger charge is 2.34.